The normalized spacial score (nSPS) is 13.5. The van der Waals surface area contributed by atoms with Gasteiger partial charge in [0.15, 0.2) is 12.4 Å². The van der Waals surface area contributed by atoms with Crippen molar-refractivity contribution in [1.29, 1.82) is 0 Å². The highest BCUT2D eigenvalue weighted by Gasteiger charge is 2.29. The minimum atomic E-state index is -4.32. The molecule has 0 saturated carbocycles. The van der Waals surface area contributed by atoms with E-state index in [0.29, 0.717) is 24.4 Å². The number of carboxylic acid groups (broad SMARTS) is 1. The van der Waals surface area contributed by atoms with Gasteiger partial charge in [-0.05, 0) is 49.3 Å². The van der Waals surface area contributed by atoms with Crippen molar-refractivity contribution in [1.82, 2.24) is 0 Å². The Labute approximate surface area is 165 Å². The van der Waals surface area contributed by atoms with Gasteiger partial charge in [-0.15, -0.1) is 11.8 Å². The maximum atomic E-state index is 12.6. The van der Waals surface area contributed by atoms with Crippen LogP contribution in [0.1, 0.15) is 24.5 Å². The third kappa shape index (κ3) is 6.86. The van der Waals surface area contributed by atoms with Crippen LogP contribution in [0.15, 0.2) is 70.2 Å². The fraction of sp³-hybridized carbons (Fsp3) is 0.286. The molecule has 0 heterocycles. The average Bonchev–Trinajstić information content (AvgIpc) is 2.63. The van der Waals surface area contributed by atoms with Gasteiger partial charge in [-0.25, -0.2) is 4.79 Å². The summed E-state index contributed by atoms with van der Waals surface area (Å²) < 4.78 is 42.8. The van der Waals surface area contributed by atoms with Gasteiger partial charge in [-0.1, -0.05) is 30.0 Å². The fourth-order valence-electron chi connectivity index (χ4n) is 2.31. The lowest BCUT2D eigenvalue weighted by molar-refractivity contribution is -0.140. The van der Waals surface area contributed by atoms with E-state index in [9.17, 15) is 18.0 Å². The van der Waals surface area contributed by atoms with E-state index in [0.717, 1.165) is 33.7 Å². The van der Waals surface area contributed by atoms with E-state index in [1.54, 1.807) is 6.92 Å². The highest BCUT2D eigenvalue weighted by atomic mass is 32.2. The van der Waals surface area contributed by atoms with Gasteiger partial charge in [0.2, 0.25) is 0 Å². The molecule has 0 aromatic heterocycles. The molecule has 1 aromatic rings. The number of carboxylic acids is 1. The fourth-order valence-corrected chi connectivity index (χ4v) is 3.20. The predicted octanol–water partition coefficient (Wildman–Crippen LogP) is 5.51. The minimum Gasteiger partial charge on any atom is -0.479 e. The van der Waals surface area contributed by atoms with Crippen LogP contribution in [0.25, 0.3) is 0 Å². The number of thioether (sulfide) groups is 1. The summed E-state index contributed by atoms with van der Waals surface area (Å²) in [4.78, 5) is 11.4. The molecule has 0 radical (unpaired) electrons. The zero-order chi connectivity index (χ0) is 20.7. The van der Waals surface area contributed by atoms with Crippen LogP contribution in [0.5, 0.6) is 0 Å². The van der Waals surface area contributed by atoms with Gasteiger partial charge in [-0.2, -0.15) is 13.2 Å². The molecule has 2 rings (SSSR count). The molecular weight excluding hydrogens is 389 g/mol. The van der Waals surface area contributed by atoms with E-state index in [4.69, 9.17) is 9.84 Å². The van der Waals surface area contributed by atoms with Crippen LogP contribution in [-0.4, -0.2) is 23.4 Å². The molecule has 1 aliphatic rings. The van der Waals surface area contributed by atoms with Crippen molar-refractivity contribution in [3.63, 3.8) is 0 Å². The molecule has 1 aliphatic carbocycles. The monoisotopic (exact) mass is 408 g/mol. The smallest absolute Gasteiger partial charge is 0.416 e. The Hall–Kier alpha value is -2.59. The van der Waals surface area contributed by atoms with Crippen molar-refractivity contribution >= 4 is 17.7 Å². The molecule has 7 heteroatoms. The number of carbonyl (C=O) groups is 1. The molecule has 0 aliphatic heterocycles. The Morgan fingerprint density at radius 1 is 1.25 bits per heavy atom. The molecule has 1 N–H and O–H groups in total. The SMILES string of the molecule is C=C(CCc1ccc(C(F)(F)F)cc1)CSC1=C=C=C(OCC(=O)O)C(C)=C1. The number of benzene rings is 1. The number of aliphatic carboxylic acids is 1. The quantitative estimate of drug-likeness (QED) is 0.432. The van der Waals surface area contributed by atoms with E-state index in [-0.39, 0.29) is 0 Å². The summed E-state index contributed by atoms with van der Waals surface area (Å²) in [5.41, 5.74) is 7.63. The van der Waals surface area contributed by atoms with Crippen molar-refractivity contribution in [2.24, 2.45) is 0 Å². The first-order chi connectivity index (χ1) is 13.1. The topological polar surface area (TPSA) is 46.5 Å². The molecule has 1 aromatic carbocycles. The Kier molecular flexibility index (Phi) is 7.41. The van der Waals surface area contributed by atoms with Gasteiger partial charge in [-0.3, -0.25) is 0 Å². The Bertz CT molecular complexity index is 882. The van der Waals surface area contributed by atoms with Crippen LogP contribution in [0.2, 0.25) is 0 Å². The maximum absolute atomic E-state index is 12.6. The summed E-state index contributed by atoms with van der Waals surface area (Å²) in [6.07, 6.45) is -1.20. The van der Waals surface area contributed by atoms with Crippen molar-refractivity contribution in [3.8, 4) is 0 Å². The zero-order valence-electron chi connectivity index (χ0n) is 15.2. The van der Waals surface area contributed by atoms with Gasteiger partial charge in [0.05, 0.1) is 10.5 Å². The van der Waals surface area contributed by atoms with E-state index in [2.05, 4.69) is 18.0 Å². The molecule has 3 nitrogen and oxygen atoms in total. The molecule has 0 bridgehead atoms. The number of hydrogen-bond donors (Lipinski definition) is 1. The zero-order valence-corrected chi connectivity index (χ0v) is 16.0. The van der Waals surface area contributed by atoms with Gasteiger partial charge < -0.3 is 9.84 Å². The number of rotatable bonds is 9. The summed E-state index contributed by atoms with van der Waals surface area (Å²) >= 11 is 1.51. The van der Waals surface area contributed by atoms with Crippen LogP contribution < -0.4 is 0 Å². The van der Waals surface area contributed by atoms with Crippen molar-refractivity contribution in [2.75, 3.05) is 12.4 Å². The molecule has 148 valence electrons. The largest absolute Gasteiger partial charge is 0.479 e. The Balaban J connectivity index is 1.84. The maximum Gasteiger partial charge on any atom is 0.416 e. The standard InChI is InChI=1S/C21H19F3O3S/c1-14(3-4-16-5-7-17(8-6-16)21(22,23)24)13-28-18-9-10-19(15(2)11-18)27-12-20(25)26/h5-8,11H,1,3-4,12-13H2,2H3,(H,25,26). The van der Waals surface area contributed by atoms with E-state index < -0.39 is 24.3 Å². The molecule has 0 atom stereocenters. The van der Waals surface area contributed by atoms with E-state index in [1.165, 1.54) is 23.9 Å². The molecule has 0 unspecified atom stereocenters. The second-order valence-electron chi connectivity index (χ2n) is 6.19. The molecular formula is C21H19F3O3S. The molecule has 0 saturated heterocycles. The third-order valence-electron chi connectivity index (χ3n) is 3.83. The first-order valence-corrected chi connectivity index (χ1v) is 9.38. The first kappa shape index (κ1) is 21.7. The summed E-state index contributed by atoms with van der Waals surface area (Å²) in [5, 5.41) is 8.63. The van der Waals surface area contributed by atoms with Crippen LogP contribution >= 0.6 is 11.8 Å². The number of halogens is 3. The summed E-state index contributed by atoms with van der Waals surface area (Å²) in [6.45, 7) is 5.38. The molecule has 0 fully saturated rings. The van der Waals surface area contributed by atoms with Crippen molar-refractivity contribution in [2.45, 2.75) is 25.9 Å². The van der Waals surface area contributed by atoms with Gasteiger partial charge in [0.25, 0.3) is 0 Å². The number of alkyl halides is 3. The summed E-state index contributed by atoms with van der Waals surface area (Å²) in [7, 11) is 0. The van der Waals surface area contributed by atoms with Gasteiger partial charge in [0.1, 0.15) is 0 Å². The van der Waals surface area contributed by atoms with Crippen LogP contribution in [0.4, 0.5) is 13.2 Å². The van der Waals surface area contributed by atoms with Crippen molar-refractivity contribution in [3.05, 3.63) is 81.3 Å². The lowest BCUT2D eigenvalue weighted by Gasteiger charge is -2.10. The first-order valence-electron chi connectivity index (χ1n) is 8.40. The predicted molar refractivity (Wildman–Crippen MR) is 103 cm³/mol. The van der Waals surface area contributed by atoms with Crippen LogP contribution in [-0.2, 0) is 22.1 Å². The van der Waals surface area contributed by atoms with Gasteiger partial charge >= 0.3 is 12.1 Å². The molecule has 0 spiro atoms. The second-order valence-corrected chi connectivity index (χ2v) is 7.20. The summed E-state index contributed by atoms with van der Waals surface area (Å²) in [5.74, 6) is -0.0665. The average molecular weight is 408 g/mol. The van der Waals surface area contributed by atoms with E-state index in [1.807, 2.05) is 6.08 Å². The number of aryl methyl sites for hydroxylation is 1. The number of ether oxygens (including phenoxy) is 1. The Morgan fingerprint density at radius 3 is 2.50 bits per heavy atom. The molecule has 28 heavy (non-hydrogen) atoms. The highest BCUT2D eigenvalue weighted by molar-refractivity contribution is 8.03. The van der Waals surface area contributed by atoms with Crippen LogP contribution in [0, 0.1) is 0 Å². The summed E-state index contributed by atoms with van der Waals surface area (Å²) in [6, 6.07) is 5.17. The van der Waals surface area contributed by atoms with Crippen LogP contribution in [0.3, 0.4) is 0 Å². The Morgan fingerprint density at radius 2 is 1.93 bits per heavy atom. The van der Waals surface area contributed by atoms with E-state index >= 15 is 0 Å². The van der Waals surface area contributed by atoms with Crippen molar-refractivity contribution < 1.29 is 27.8 Å². The second kappa shape index (κ2) is 9.56. The number of allylic oxidation sites excluding steroid dienone is 2. The van der Waals surface area contributed by atoms with Gasteiger partial charge in [0, 0.05) is 11.3 Å². The highest BCUT2D eigenvalue weighted by Crippen LogP contribution is 2.30. The minimum absolute atomic E-state index is 0.355. The lowest BCUT2D eigenvalue weighted by Crippen LogP contribution is -2.07. The number of hydrogen-bond acceptors (Lipinski definition) is 3. The third-order valence-corrected chi connectivity index (χ3v) is 4.91. The molecule has 0 amide bonds. The lowest BCUT2D eigenvalue weighted by atomic mass is 10.0.